The van der Waals surface area contributed by atoms with Crippen LogP contribution in [0.15, 0.2) is 48.5 Å². The number of ether oxygens (including phenoxy) is 1. The van der Waals surface area contributed by atoms with Crippen LogP contribution in [0.25, 0.3) is 0 Å². The van der Waals surface area contributed by atoms with Crippen molar-refractivity contribution in [3.8, 4) is 5.75 Å². The van der Waals surface area contributed by atoms with Gasteiger partial charge in [0, 0.05) is 12.1 Å². The van der Waals surface area contributed by atoms with Gasteiger partial charge < -0.3 is 10.1 Å². The normalized spacial score (nSPS) is 10.2. The molecule has 4 heteroatoms. The molecule has 0 saturated carbocycles. The highest BCUT2D eigenvalue weighted by Gasteiger charge is 2.05. The molecule has 0 fully saturated rings. The summed E-state index contributed by atoms with van der Waals surface area (Å²) in [5.74, 6) is 0.184. The average molecular weight is 287 g/mol. The van der Waals surface area contributed by atoms with Gasteiger partial charge in [0.25, 0.3) is 5.91 Å². The van der Waals surface area contributed by atoms with Crippen LogP contribution in [0.4, 0.5) is 4.39 Å². The lowest BCUT2D eigenvalue weighted by Crippen LogP contribution is -2.24. The zero-order valence-electron chi connectivity index (χ0n) is 11.9. The number of nitrogens with one attached hydrogen (secondary N) is 1. The Labute approximate surface area is 123 Å². The Bertz CT molecular complexity index is 596. The summed E-state index contributed by atoms with van der Waals surface area (Å²) in [6, 6.07) is 13.5. The number of carbonyl (C=O) groups excluding carboxylic acids is 1. The molecule has 0 aliphatic heterocycles. The molecular formula is C17H18FNO2. The Morgan fingerprint density at radius 3 is 2.62 bits per heavy atom. The molecule has 1 amide bonds. The van der Waals surface area contributed by atoms with E-state index >= 15 is 0 Å². The summed E-state index contributed by atoms with van der Waals surface area (Å²) in [7, 11) is 1.64. The standard InChI is InChI=1S/C17H18FNO2/c1-21-16-9-7-13(8-10-16)4-3-11-19-17(20)14-5-2-6-15(18)12-14/h2,5-10,12H,3-4,11H2,1H3,(H,19,20). The number of rotatable bonds is 6. The third-order valence-corrected chi connectivity index (χ3v) is 3.17. The van der Waals surface area contributed by atoms with E-state index in [4.69, 9.17) is 4.74 Å². The highest BCUT2D eigenvalue weighted by Crippen LogP contribution is 2.12. The van der Waals surface area contributed by atoms with Gasteiger partial charge in [0.1, 0.15) is 11.6 Å². The molecule has 2 aromatic rings. The third kappa shape index (κ3) is 4.60. The quantitative estimate of drug-likeness (QED) is 0.829. The Hall–Kier alpha value is -2.36. The third-order valence-electron chi connectivity index (χ3n) is 3.17. The van der Waals surface area contributed by atoms with Gasteiger partial charge in [-0.1, -0.05) is 18.2 Å². The molecule has 2 aromatic carbocycles. The van der Waals surface area contributed by atoms with Gasteiger partial charge in [-0.05, 0) is 48.7 Å². The number of carbonyl (C=O) groups is 1. The summed E-state index contributed by atoms with van der Waals surface area (Å²) >= 11 is 0. The second-order valence-corrected chi connectivity index (χ2v) is 4.72. The van der Waals surface area contributed by atoms with Gasteiger partial charge in [-0.3, -0.25) is 4.79 Å². The molecule has 0 saturated heterocycles. The molecule has 21 heavy (non-hydrogen) atoms. The second kappa shape index (κ2) is 7.43. The van der Waals surface area contributed by atoms with Crippen LogP contribution in [-0.2, 0) is 6.42 Å². The van der Waals surface area contributed by atoms with E-state index in [1.54, 1.807) is 13.2 Å². The molecule has 110 valence electrons. The first-order valence-corrected chi connectivity index (χ1v) is 6.86. The lowest BCUT2D eigenvalue weighted by Gasteiger charge is -2.06. The summed E-state index contributed by atoms with van der Waals surface area (Å²) < 4.78 is 18.1. The molecular weight excluding hydrogens is 269 g/mol. The minimum Gasteiger partial charge on any atom is -0.497 e. The van der Waals surface area contributed by atoms with Crippen LogP contribution in [0.5, 0.6) is 5.75 Å². The van der Waals surface area contributed by atoms with Crippen LogP contribution in [0.3, 0.4) is 0 Å². The fraction of sp³-hybridized carbons (Fsp3) is 0.235. The van der Waals surface area contributed by atoms with Gasteiger partial charge in [-0.15, -0.1) is 0 Å². The van der Waals surface area contributed by atoms with Crippen LogP contribution in [0.1, 0.15) is 22.3 Å². The van der Waals surface area contributed by atoms with E-state index in [2.05, 4.69) is 5.32 Å². The molecule has 0 spiro atoms. The minimum atomic E-state index is -0.402. The fourth-order valence-corrected chi connectivity index (χ4v) is 2.02. The first-order valence-electron chi connectivity index (χ1n) is 6.86. The molecule has 0 radical (unpaired) electrons. The Morgan fingerprint density at radius 1 is 1.19 bits per heavy atom. The van der Waals surface area contributed by atoms with Crippen molar-refractivity contribution < 1.29 is 13.9 Å². The van der Waals surface area contributed by atoms with E-state index < -0.39 is 5.82 Å². The summed E-state index contributed by atoms with van der Waals surface area (Å²) in [4.78, 5) is 11.8. The van der Waals surface area contributed by atoms with E-state index in [9.17, 15) is 9.18 Å². The SMILES string of the molecule is COc1ccc(CCCNC(=O)c2cccc(F)c2)cc1. The predicted molar refractivity (Wildman–Crippen MR) is 80.0 cm³/mol. The Morgan fingerprint density at radius 2 is 1.95 bits per heavy atom. The molecule has 2 rings (SSSR count). The second-order valence-electron chi connectivity index (χ2n) is 4.72. The predicted octanol–water partition coefficient (Wildman–Crippen LogP) is 3.20. The van der Waals surface area contributed by atoms with Crippen molar-refractivity contribution in [1.29, 1.82) is 0 Å². The van der Waals surface area contributed by atoms with Crippen LogP contribution in [0, 0.1) is 5.82 Å². The maximum absolute atomic E-state index is 13.0. The van der Waals surface area contributed by atoms with E-state index in [1.165, 1.54) is 23.8 Å². The molecule has 1 N–H and O–H groups in total. The molecule has 0 unspecified atom stereocenters. The van der Waals surface area contributed by atoms with Crippen molar-refractivity contribution in [2.24, 2.45) is 0 Å². The molecule has 0 heterocycles. The van der Waals surface area contributed by atoms with Gasteiger partial charge in [0.05, 0.1) is 7.11 Å². The number of benzene rings is 2. The minimum absolute atomic E-state index is 0.246. The van der Waals surface area contributed by atoms with E-state index in [0.717, 1.165) is 18.6 Å². The van der Waals surface area contributed by atoms with Gasteiger partial charge in [0.2, 0.25) is 0 Å². The van der Waals surface area contributed by atoms with Gasteiger partial charge in [-0.25, -0.2) is 4.39 Å². The van der Waals surface area contributed by atoms with Crippen molar-refractivity contribution in [2.45, 2.75) is 12.8 Å². The number of amides is 1. The fourth-order valence-electron chi connectivity index (χ4n) is 2.02. The van der Waals surface area contributed by atoms with E-state index in [-0.39, 0.29) is 5.91 Å². The van der Waals surface area contributed by atoms with Crippen molar-refractivity contribution in [3.05, 3.63) is 65.5 Å². The topological polar surface area (TPSA) is 38.3 Å². The zero-order valence-corrected chi connectivity index (χ0v) is 11.9. The number of hydrogen-bond acceptors (Lipinski definition) is 2. The molecule has 0 aromatic heterocycles. The monoisotopic (exact) mass is 287 g/mol. The summed E-state index contributed by atoms with van der Waals surface area (Å²) in [6.45, 7) is 0.557. The lowest BCUT2D eigenvalue weighted by molar-refractivity contribution is 0.0953. The van der Waals surface area contributed by atoms with Crippen molar-refractivity contribution in [1.82, 2.24) is 5.32 Å². The smallest absolute Gasteiger partial charge is 0.251 e. The molecule has 0 atom stereocenters. The summed E-state index contributed by atoms with van der Waals surface area (Å²) in [5, 5.41) is 2.79. The number of aryl methyl sites for hydroxylation is 1. The largest absolute Gasteiger partial charge is 0.497 e. The number of halogens is 1. The number of hydrogen-bond donors (Lipinski definition) is 1. The van der Waals surface area contributed by atoms with E-state index in [0.29, 0.717) is 12.1 Å². The van der Waals surface area contributed by atoms with Crippen molar-refractivity contribution >= 4 is 5.91 Å². The van der Waals surface area contributed by atoms with Gasteiger partial charge >= 0.3 is 0 Å². The average Bonchev–Trinajstić information content (AvgIpc) is 2.52. The molecule has 0 aliphatic rings. The van der Waals surface area contributed by atoms with Gasteiger partial charge in [-0.2, -0.15) is 0 Å². The van der Waals surface area contributed by atoms with Crippen molar-refractivity contribution in [3.63, 3.8) is 0 Å². The maximum Gasteiger partial charge on any atom is 0.251 e. The number of methoxy groups -OCH3 is 1. The van der Waals surface area contributed by atoms with Crippen LogP contribution >= 0.6 is 0 Å². The molecule has 0 aliphatic carbocycles. The Kier molecular flexibility index (Phi) is 5.32. The van der Waals surface area contributed by atoms with Crippen LogP contribution in [0.2, 0.25) is 0 Å². The molecule has 0 bridgehead atoms. The van der Waals surface area contributed by atoms with Crippen molar-refractivity contribution in [2.75, 3.05) is 13.7 Å². The van der Waals surface area contributed by atoms with Crippen LogP contribution in [-0.4, -0.2) is 19.6 Å². The maximum atomic E-state index is 13.0. The van der Waals surface area contributed by atoms with Gasteiger partial charge in [0.15, 0.2) is 0 Å². The summed E-state index contributed by atoms with van der Waals surface area (Å²) in [5.41, 5.74) is 1.54. The summed E-state index contributed by atoms with van der Waals surface area (Å²) in [6.07, 6.45) is 1.70. The highest BCUT2D eigenvalue weighted by atomic mass is 19.1. The first kappa shape index (κ1) is 15.0. The first-order chi connectivity index (χ1) is 10.2. The lowest BCUT2D eigenvalue weighted by atomic mass is 10.1. The van der Waals surface area contributed by atoms with Crippen LogP contribution < -0.4 is 10.1 Å². The Balaban J connectivity index is 1.75. The zero-order chi connectivity index (χ0) is 15.1. The highest BCUT2D eigenvalue weighted by molar-refractivity contribution is 5.94. The molecule has 3 nitrogen and oxygen atoms in total. The van der Waals surface area contributed by atoms with E-state index in [1.807, 2.05) is 24.3 Å².